The highest BCUT2D eigenvalue weighted by Gasteiger charge is 2.01. The molecule has 0 saturated heterocycles. The largest absolute Gasteiger partial charge is 0.256 e. The number of nitrogens with zero attached hydrogens (tertiary/aromatic N) is 2. The Kier molecular flexibility index (Phi) is 2.47. The van der Waals surface area contributed by atoms with E-state index >= 15 is 0 Å². The second-order valence-electron chi connectivity index (χ2n) is 3.36. The van der Waals surface area contributed by atoms with E-state index in [4.69, 9.17) is 5.26 Å². The summed E-state index contributed by atoms with van der Waals surface area (Å²) >= 11 is 0. The number of hydrogen-bond donors (Lipinski definition) is 0. The van der Waals surface area contributed by atoms with Crippen LogP contribution in [0, 0.1) is 18.3 Å². The topological polar surface area (TPSA) is 36.7 Å². The Hall–Kier alpha value is -2.14. The highest BCUT2D eigenvalue weighted by Crippen LogP contribution is 2.20. The van der Waals surface area contributed by atoms with Gasteiger partial charge in [0.2, 0.25) is 0 Å². The first-order valence-electron chi connectivity index (χ1n) is 4.73. The van der Waals surface area contributed by atoms with Gasteiger partial charge in [0.15, 0.2) is 0 Å². The molecule has 72 valence electrons. The normalized spacial score (nSPS) is 9.60. The maximum atomic E-state index is 8.69. The zero-order chi connectivity index (χ0) is 10.7. The van der Waals surface area contributed by atoms with Gasteiger partial charge in [-0.25, -0.2) is 0 Å². The van der Waals surface area contributed by atoms with Crippen molar-refractivity contribution in [3.8, 4) is 17.3 Å². The van der Waals surface area contributed by atoms with E-state index in [2.05, 4.69) is 11.1 Å². The van der Waals surface area contributed by atoms with Gasteiger partial charge in [-0.3, -0.25) is 4.98 Å². The number of hydrogen-bond acceptors (Lipinski definition) is 2. The first-order valence-corrected chi connectivity index (χ1v) is 4.73. The molecule has 0 saturated carbocycles. The zero-order valence-electron chi connectivity index (χ0n) is 8.44. The van der Waals surface area contributed by atoms with Gasteiger partial charge in [-0.05, 0) is 30.7 Å². The van der Waals surface area contributed by atoms with Crippen LogP contribution in [0.15, 0.2) is 42.6 Å². The number of benzene rings is 1. The third kappa shape index (κ3) is 1.87. The van der Waals surface area contributed by atoms with Gasteiger partial charge < -0.3 is 0 Å². The molecule has 0 unspecified atom stereocenters. The molecule has 0 N–H and O–H groups in total. The highest BCUT2D eigenvalue weighted by molar-refractivity contribution is 5.63. The van der Waals surface area contributed by atoms with E-state index < -0.39 is 0 Å². The summed E-state index contributed by atoms with van der Waals surface area (Å²) in [7, 11) is 0. The second kappa shape index (κ2) is 3.93. The van der Waals surface area contributed by atoms with Crippen LogP contribution in [0.5, 0.6) is 0 Å². The number of aryl methyl sites for hydroxylation is 1. The van der Waals surface area contributed by atoms with Gasteiger partial charge in [0, 0.05) is 11.8 Å². The summed E-state index contributed by atoms with van der Waals surface area (Å²) in [5.41, 5.74) is 3.84. The maximum Gasteiger partial charge on any atom is 0.0991 e. The molecule has 15 heavy (non-hydrogen) atoms. The van der Waals surface area contributed by atoms with E-state index in [1.165, 1.54) is 0 Å². The van der Waals surface area contributed by atoms with Crippen molar-refractivity contribution < 1.29 is 0 Å². The molecule has 2 nitrogen and oxygen atoms in total. The number of aromatic nitrogens is 1. The summed E-state index contributed by atoms with van der Waals surface area (Å²) in [6.45, 7) is 2.03. The van der Waals surface area contributed by atoms with Crippen LogP contribution in [0.1, 0.15) is 11.1 Å². The molecule has 0 aliphatic carbocycles. The molecule has 0 radical (unpaired) electrons. The van der Waals surface area contributed by atoms with Gasteiger partial charge >= 0.3 is 0 Å². The first-order chi connectivity index (χ1) is 7.31. The Balaban J connectivity index is 2.47. The lowest BCUT2D eigenvalue weighted by Gasteiger charge is -2.03. The molecule has 1 aromatic carbocycles. The van der Waals surface area contributed by atoms with Crippen molar-refractivity contribution in [2.45, 2.75) is 6.92 Å². The van der Waals surface area contributed by atoms with Gasteiger partial charge in [-0.15, -0.1) is 0 Å². The fraction of sp³-hybridized carbons (Fsp3) is 0.0769. The molecular formula is C13H10N2. The summed E-state index contributed by atoms with van der Waals surface area (Å²) in [6, 6.07) is 13.5. The minimum absolute atomic E-state index is 0.673. The Labute approximate surface area is 88.8 Å². The molecule has 2 rings (SSSR count). The van der Waals surface area contributed by atoms with Crippen LogP contribution >= 0.6 is 0 Å². The summed E-state index contributed by atoms with van der Waals surface area (Å²) < 4.78 is 0. The van der Waals surface area contributed by atoms with Crippen LogP contribution in [0.25, 0.3) is 11.3 Å². The van der Waals surface area contributed by atoms with Crippen molar-refractivity contribution in [3.63, 3.8) is 0 Å². The van der Waals surface area contributed by atoms with Crippen LogP contribution in [-0.4, -0.2) is 4.98 Å². The van der Waals surface area contributed by atoms with Crippen LogP contribution in [-0.2, 0) is 0 Å². The van der Waals surface area contributed by atoms with E-state index in [0.29, 0.717) is 5.56 Å². The zero-order valence-corrected chi connectivity index (χ0v) is 8.44. The van der Waals surface area contributed by atoms with E-state index in [0.717, 1.165) is 16.8 Å². The molecule has 1 aromatic heterocycles. The standard InChI is InChI=1S/C13H10N2/c1-10-3-2-8-15-13(10)12-6-4-11(9-14)5-7-12/h2-8H,1H3. The SMILES string of the molecule is Cc1cccnc1-c1ccc(C#N)cc1. The highest BCUT2D eigenvalue weighted by atomic mass is 14.7. The Morgan fingerprint density at radius 2 is 1.87 bits per heavy atom. The monoisotopic (exact) mass is 194 g/mol. The summed E-state index contributed by atoms with van der Waals surface area (Å²) in [6.07, 6.45) is 1.78. The Morgan fingerprint density at radius 3 is 2.47 bits per heavy atom. The molecule has 0 bridgehead atoms. The summed E-state index contributed by atoms with van der Waals surface area (Å²) in [5, 5.41) is 8.69. The third-order valence-electron chi connectivity index (χ3n) is 2.30. The quantitative estimate of drug-likeness (QED) is 0.699. The predicted molar refractivity (Wildman–Crippen MR) is 59.1 cm³/mol. The molecule has 0 aliphatic rings. The third-order valence-corrected chi connectivity index (χ3v) is 2.30. The van der Waals surface area contributed by atoms with Gasteiger partial charge in [-0.2, -0.15) is 5.26 Å². The van der Waals surface area contributed by atoms with Crippen LogP contribution < -0.4 is 0 Å². The average molecular weight is 194 g/mol. The molecule has 2 heteroatoms. The molecule has 0 amide bonds. The molecule has 1 heterocycles. The summed E-state index contributed by atoms with van der Waals surface area (Å²) in [4.78, 5) is 4.32. The molecular weight excluding hydrogens is 184 g/mol. The van der Waals surface area contributed by atoms with Crippen molar-refractivity contribution in [2.24, 2.45) is 0 Å². The van der Waals surface area contributed by atoms with Crippen molar-refractivity contribution in [1.82, 2.24) is 4.98 Å². The lowest BCUT2D eigenvalue weighted by Crippen LogP contribution is -1.87. The van der Waals surface area contributed by atoms with Crippen molar-refractivity contribution in [2.75, 3.05) is 0 Å². The molecule has 2 aromatic rings. The Morgan fingerprint density at radius 1 is 1.13 bits per heavy atom. The van der Waals surface area contributed by atoms with Crippen molar-refractivity contribution in [1.29, 1.82) is 5.26 Å². The van der Waals surface area contributed by atoms with Gasteiger partial charge in [0.05, 0.1) is 17.3 Å². The molecule has 0 aliphatic heterocycles. The predicted octanol–water partition coefficient (Wildman–Crippen LogP) is 2.93. The smallest absolute Gasteiger partial charge is 0.0991 e. The average Bonchev–Trinajstić information content (AvgIpc) is 2.30. The van der Waals surface area contributed by atoms with E-state index in [9.17, 15) is 0 Å². The fourth-order valence-electron chi connectivity index (χ4n) is 1.49. The Bertz CT molecular complexity index is 507. The second-order valence-corrected chi connectivity index (χ2v) is 3.36. The van der Waals surface area contributed by atoms with E-state index in [-0.39, 0.29) is 0 Å². The number of nitriles is 1. The number of pyridine rings is 1. The minimum atomic E-state index is 0.673. The van der Waals surface area contributed by atoms with E-state index in [1.54, 1.807) is 6.20 Å². The first kappa shape index (κ1) is 9.42. The molecule has 0 spiro atoms. The van der Waals surface area contributed by atoms with Crippen LogP contribution in [0.2, 0.25) is 0 Å². The molecule has 0 atom stereocenters. The van der Waals surface area contributed by atoms with E-state index in [1.807, 2.05) is 43.3 Å². The van der Waals surface area contributed by atoms with Crippen molar-refractivity contribution in [3.05, 3.63) is 53.7 Å². The van der Waals surface area contributed by atoms with Gasteiger partial charge in [0.1, 0.15) is 0 Å². The summed E-state index contributed by atoms with van der Waals surface area (Å²) in [5.74, 6) is 0. The van der Waals surface area contributed by atoms with Crippen LogP contribution in [0.3, 0.4) is 0 Å². The van der Waals surface area contributed by atoms with Gasteiger partial charge in [-0.1, -0.05) is 18.2 Å². The van der Waals surface area contributed by atoms with Crippen LogP contribution in [0.4, 0.5) is 0 Å². The lowest BCUT2D eigenvalue weighted by molar-refractivity contribution is 1.27. The fourth-order valence-corrected chi connectivity index (χ4v) is 1.49. The maximum absolute atomic E-state index is 8.69. The number of rotatable bonds is 1. The van der Waals surface area contributed by atoms with Gasteiger partial charge in [0.25, 0.3) is 0 Å². The lowest BCUT2D eigenvalue weighted by atomic mass is 10.1. The minimum Gasteiger partial charge on any atom is -0.256 e. The van der Waals surface area contributed by atoms with Crippen molar-refractivity contribution >= 4 is 0 Å². The molecule has 0 fully saturated rings.